The van der Waals surface area contributed by atoms with Gasteiger partial charge in [-0.2, -0.15) is 15.1 Å². The summed E-state index contributed by atoms with van der Waals surface area (Å²) in [5.41, 5.74) is -0.801. The van der Waals surface area contributed by atoms with Crippen molar-refractivity contribution >= 4 is 30.8 Å². The number of aromatic nitrogens is 4. The van der Waals surface area contributed by atoms with Gasteiger partial charge in [0.05, 0.1) is 32.1 Å². The Morgan fingerprint density at radius 3 is 2.05 bits per heavy atom. The highest BCUT2D eigenvalue weighted by atomic mass is 31.2. The Morgan fingerprint density at radius 2 is 1.48 bits per heavy atom. The van der Waals surface area contributed by atoms with Gasteiger partial charge in [-0.15, -0.1) is 0 Å². The van der Waals surface area contributed by atoms with Crippen LogP contribution in [0.3, 0.4) is 0 Å². The molecular weight excluding hydrogens is 834 g/mol. The number of benzene rings is 4. The van der Waals surface area contributed by atoms with E-state index in [2.05, 4.69) is 15.4 Å². The highest BCUT2D eigenvalue weighted by Gasteiger charge is 2.63. The molecule has 0 amide bonds. The average molecular weight is 885 g/mol. The quantitative estimate of drug-likeness (QED) is 0.0479. The lowest BCUT2D eigenvalue weighted by molar-refractivity contribution is -0.188. The smallest absolute Gasteiger partial charge is 0.459 e. The van der Waals surface area contributed by atoms with Crippen LogP contribution in [0.2, 0.25) is 0 Å². The highest BCUT2D eigenvalue weighted by molar-refractivity contribution is 7.52. The molecule has 1 aliphatic heterocycles. The Morgan fingerprint density at radius 1 is 0.889 bits per heavy atom. The maximum Gasteiger partial charge on any atom is 0.459 e. The number of fused-ring (bicyclic) bond motifs is 1. The number of imidazole rings is 1. The summed E-state index contributed by atoms with van der Waals surface area (Å²) in [4.78, 5) is 26.9. The lowest BCUT2D eigenvalue weighted by Crippen LogP contribution is -2.41. The van der Waals surface area contributed by atoms with Crippen LogP contribution in [0.4, 0.5) is 14.7 Å². The van der Waals surface area contributed by atoms with E-state index in [0.717, 1.165) is 16.7 Å². The third-order valence-corrected chi connectivity index (χ3v) is 12.5. The van der Waals surface area contributed by atoms with Gasteiger partial charge in [0.25, 0.3) is 0 Å². The summed E-state index contributed by atoms with van der Waals surface area (Å²) in [6.45, 7) is 8.16. The van der Waals surface area contributed by atoms with E-state index in [1.165, 1.54) is 43.8 Å². The molecule has 0 aliphatic carbocycles. The first-order valence-corrected chi connectivity index (χ1v) is 22.1. The molecule has 7 rings (SSSR count). The third kappa shape index (κ3) is 9.26. The van der Waals surface area contributed by atoms with Crippen LogP contribution in [0, 0.1) is 5.92 Å². The molecule has 2 N–H and O–H groups in total. The Kier molecular flexibility index (Phi) is 13.2. The van der Waals surface area contributed by atoms with E-state index in [0.29, 0.717) is 5.75 Å². The number of nitrogens with zero attached hydrogens (tertiary/aromatic N) is 4. The number of ether oxygens (including phenoxy) is 4. The van der Waals surface area contributed by atoms with Gasteiger partial charge < -0.3 is 28.8 Å². The van der Waals surface area contributed by atoms with E-state index in [4.69, 9.17) is 38.0 Å². The molecule has 0 radical (unpaired) electrons. The van der Waals surface area contributed by atoms with E-state index < -0.39 is 61.7 Å². The number of hydrogen-bond donors (Lipinski definition) is 2. The maximum atomic E-state index is 17.3. The molecule has 1 fully saturated rings. The molecular formula is C46H51F2N6O8P. The molecule has 4 aromatic carbocycles. The van der Waals surface area contributed by atoms with Crippen molar-refractivity contribution in [2.45, 2.75) is 77.0 Å². The lowest BCUT2D eigenvalue weighted by Gasteiger charge is -2.37. The number of nitrogens with one attached hydrogen (secondary N) is 2. The zero-order valence-corrected chi connectivity index (χ0v) is 36.9. The van der Waals surface area contributed by atoms with Gasteiger partial charge in [-0.1, -0.05) is 97.9 Å². The standard InChI is InChI=1S/C46H51F2N6O8P/c1-8-58-40-38-39(50-43(51-40)52-46(33-18-12-9-13-19-33,34-20-14-10-15-21-34)35-24-26-36(57-7)27-25-35)54(29-49-38)42-44(6,47)32(5)45(48,61-42)28-59-63(56,62-37-22-16-11-17-23-37)53-31(4)41(55)60-30(2)3/h9-27,29-32,42H,8,28H2,1-7H3,(H,53,56)(H,50,51,52)/t31-,32-,42+,44+,45+,63?/m0/s1. The normalized spacial score (nSPS) is 21.4. The molecule has 0 saturated carbocycles. The summed E-state index contributed by atoms with van der Waals surface area (Å²) in [7, 11) is -2.97. The van der Waals surface area contributed by atoms with Gasteiger partial charge in [-0.05, 0) is 75.6 Å². The minimum absolute atomic E-state index is 0.0733. The first-order valence-electron chi connectivity index (χ1n) is 20.6. The minimum Gasteiger partial charge on any atom is -0.497 e. The largest absolute Gasteiger partial charge is 0.497 e. The van der Waals surface area contributed by atoms with Crippen molar-refractivity contribution in [1.82, 2.24) is 24.6 Å². The summed E-state index contributed by atoms with van der Waals surface area (Å²) in [6.07, 6.45) is -0.867. The van der Waals surface area contributed by atoms with Crippen molar-refractivity contribution in [3.8, 4) is 17.4 Å². The molecule has 6 atom stereocenters. The van der Waals surface area contributed by atoms with E-state index in [-0.39, 0.29) is 35.3 Å². The number of methoxy groups -OCH3 is 1. The van der Waals surface area contributed by atoms with Crippen molar-refractivity contribution in [2.24, 2.45) is 5.92 Å². The fourth-order valence-electron chi connectivity index (χ4n) is 7.49. The highest BCUT2D eigenvalue weighted by Crippen LogP contribution is 2.55. The summed E-state index contributed by atoms with van der Waals surface area (Å²) in [5.74, 6) is -4.24. The van der Waals surface area contributed by atoms with Crippen LogP contribution < -0.4 is 24.4 Å². The van der Waals surface area contributed by atoms with Crippen molar-refractivity contribution < 1.29 is 46.1 Å². The van der Waals surface area contributed by atoms with Crippen LogP contribution in [0.15, 0.2) is 122 Å². The van der Waals surface area contributed by atoms with Crippen LogP contribution in [-0.2, 0) is 28.9 Å². The molecule has 3 heterocycles. The number of halogens is 2. The summed E-state index contributed by atoms with van der Waals surface area (Å²) in [5, 5.41) is 6.15. The second-order valence-corrected chi connectivity index (χ2v) is 17.3. The fourth-order valence-corrected chi connectivity index (χ4v) is 9.00. The van der Waals surface area contributed by atoms with Crippen LogP contribution in [-0.4, -0.2) is 69.5 Å². The molecule has 6 aromatic rings. The Bertz CT molecular complexity index is 2500. The first kappa shape index (κ1) is 45.1. The SMILES string of the molecule is CCOc1nc(NC(c2ccccc2)(c2ccccc2)c2ccc(OC)cc2)nc2c1ncn2[C@@H]1O[C@](F)(COP(=O)(N[C@@H](C)C(=O)OC(C)C)Oc2ccccc2)[C@@H](C)[C@@]1(C)F. The van der Waals surface area contributed by atoms with Crippen LogP contribution >= 0.6 is 7.75 Å². The molecule has 0 spiro atoms. The third-order valence-electron chi connectivity index (χ3n) is 10.9. The van der Waals surface area contributed by atoms with Crippen molar-refractivity contribution in [3.05, 3.63) is 138 Å². The molecule has 0 bridgehead atoms. The van der Waals surface area contributed by atoms with Gasteiger partial charge in [-0.3, -0.25) is 13.9 Å². The molecule has 1 aliphatic rings. The number of anilines is 1. The van der Waals surface area contributed by atoms with Crippen LogP contribution in [0.25, 0.3) is 11.2 Å². The second-order valence-electron chi connectivity index (χ2n) is 15.6. The molecule has 2 aromatic heterocycles. The van der Waals surface area contributed by atoms with E-state index in [9.17, 15) is 9.36 Å². The van der Waals surface area contributed by atoms with Gasteiger partial charge in [0.1, 0.15) is 29.7 Å². The van der Waals surface area contributed by atoms with Crippen molar-refractivity contribution in [1.29, 1.82) is 0 Å². The Balaban J connectivity index is 1.27. The zero-order chi connectivity index (χ0) is 45.0. The van der Waals surface area contributed by atoms with Crippen molar-refractivity contribution in [3.63, 3.8) is 0 Å². The van der Waals surface area contributed by atoms with Gasteiger partial charge in [-0.25, -0.2) is 18.3 Å². The predicted octanol–water partition coefficient (Wildman–Crippen LogP) is 9.33. The number of hydrogen-bond acceptors (Lipinski definition) is 12. The summed E-state index contributed by atoms with van der Waals surface area (Å²) in [6, 6.07) is 33.9. The molecule has 17 heteroatoms. The van der Waals surface area contributed by atoms with Crippen LogP contribution in [0.5, 0.6) is 17.4 Å². The predicted molar refractivity (Wildman–Crippen MR) is 233 cm³/mol. The average Bonchev–Trinajstić information content (AvgIpc) is 3.78. The summed E-state index contributed by atoms with van der Waals surface area (Å²) < 4.78 is 84.3. The molecule has 1 saturated heterocycles. The van der Waals surface area contributed by atoms with Gasteiger partial charge >= 0.3 is 13.7 Å². The monoisotopic (exact) mass is 884 g/mol. The Hall–Kier alpha value is -5.93. The summed E-state index contributed by atoms with van der Waals surface area (Å²) >= 11 is 0. The minimum atomic E-state index is -4.56. The van der Waals surface area contributed by atoms with Gasteiger partial charge in [0, 0.05) is 0 Å². The number of alkyl halides is 2. The van der Waals surface area contributed by atoms with E-state index in [1.807, 2.05) is 84.9 Å². The maximum absolute atomic E-state index is 17.3. The number of para-hydroxylation sites is 1. The van der Waals surface area contributed by atoms with Gasteiger partial charge in [0.2, 0.25) is 17.7 Å². The van der Waals surface area contributed by atoms with Crippen molar-refractivity contribution in [2.75, 3.05) is 25.6 Å². The lowest BCUT2D eigenvalue weighted by atomic mass is 9.77. The number of rotatable bonds is 18. The molecule has 1 unspecified atom stereocenters. The van der Waals surface area contributed by atoms with Gasteiger partial charge in [0.15, 0.2) is 23.1 Å². The number of carbonyl (C=O) groups excluding carboxylic acids is 1. The molecule has 63 heavy (non-hydrogen) atoms. The van der Waals surface area contributed by atoms with E-state index >= 15 is 8.78 Å². The van der Waals surface area contributed by atoms with Crippen LogP contribution in [0.1, 0.15) is 64.5 Å². The van der Waals surface area contributed by atoms with E-state index in [1.54, 1.807) is 46.1 Å². The fraction of sp³-hybridized carbons (Fsp3) is 0.348. The topological polar surface area (TPSA) is 157 Å². The number of esters is 1. The second kappa shape index (κ2) is 18.4. The first-order chi connectivity index (χ1) is 30.1. The molecule has 332 valence electrons. The zero-order valence-electron chi connectivity index (χ0n) is 36.0. The number of carbonyl (C=O) groups is 1. The Labute approximate surface area is 364 Å². The molecule has 14 nitrogen and oxygen atoms in total.